The van der Waals surface area contributed by atoms with Crippen molar-refractivity contribution in [1.29, 1.82) is 0 Å². The van der Waals surface area contributed by atoms with Crippen LogP contribution in [0.2, 0.25) is 0 Å². The van der Waals surface area contributed by atoms with Gasteiger partial charge in [-0.3, -0.25) is 0 Å². The number of pyridine rings is 1. The summed E-state index contributed by atoms with van der Waals surface area (Å²) in [4.78, 5) is 16.6. The highest BCUT2D eigenvalue weighted by atomic mass is 35.5. The fraction of sp³-hybridized carbons (Fsp3) is 0.533. The number of rotatable bonds is 5. The molecule has 23 heavy (non-hydrogen) atoms. The van der Waals surface area contributed by atoms with E-state index in [2.05, 4.69) is 20.7 Å². The number of aromatic nitrogens is 3. The van der Waals surface area contributed by atoms with Crippen LogP contribution >= 0.6 is 12.4 Å². The van der Waals surface area contributed by atoms with Gasteiger partial charge >= 0.3 is 5.97 Å². The topological polar surface area (TPSA) is 81.1 Å². The van der Waals surface area contributed by atoms with Crippen LogP contribution < -0.4 is 10.6 Å². The monoisotopic (exact) mass is 339 g/mol. The number of anilines is 1. The lowest BCUT2D eigenvalue weighted by Crippen LogP contribution is -2.24. The molecular formula is C15H22ClN5O2. The van der Waals surface area contributed by atoms with Crippen LogP contribution in [-0.4, -0.2) is 46.5 Å². The molecule has 2 N–H and O–H groups in total. The zero-order chi connectivity index (χ0) is 15.5. The van der Waals surface area contributed by atoms with E-state index in [1.807, 2.05) is 11.6 Å². The minimum Gasteiger partial charge on any atom is -0.462 e. The summed E-state index contributed by atoms with van der Waals surface area (Å²) in [7, 11) is 0. The molecule has 0 aromatic carbocycles. The number of hydrogen-bond acceptors (Lipinski definition) is 6. The highest BCUT2D eigenvalue weighted by Gasteiger charge is 2.22. The Kier molecular flexibility index (Phi) is 5.79. The second kappa shape index (κ2) is 7.61. The molecule has 126 valence electrons. The van der Waals surface area contributed by atoms with Gasteiger partial charge in [0, 0.05) is 25.3 Å². The lowest BCUT2D eigenvalue weighted by atomic mass is 10.1. The van der Waals surface area contributed by atoms with Gasteiger partial charge in [0.25, 0.3) is 0 Å². The van der Waals surface area contributed by atoms with Crippen LogP contribution in [0.25, 0.3) is 11.0 Å². The number of carbonyl (C=O) groups is 1. The van der Waals surface area contributed by atoms with Crippen molar-refractivity contribution in [2.45, 2.75) is 32.9 Å². The van der Waals surface area contributed by atoms with Crippen molar-refractivity contribution >= 4 is 35.1 Å². The molecule has 0 radical (unpaired) electrons. The molecular weight excluding hydrogens is 318 g/mol. The van der Waals surface area contributed by atoms with E-state index >= 15 is 0 Å². The first-order valence-corrected chi connectivity index (χ1v) is 7.73. The highest BCUT2D eigenvalue weighted by Crippen LogP contribution is 2.28. The van der Waals surface area contributed by atoms with Crippen LogP contribution in [0.4, 0.5) is 5.69 Å². The maximum absolute atomic E-state index is 12.2. The first-order chi connectivity index (χ1) is 10.7. The molecule has 0 saturated carbocycles. The summed E-state index contributed by atoms with van der Waals surface area (Å²) in [5.41, 5.74) is 2.03. The van der Waals surface area contributed by atoms with E-state index < -0.39 is 0 Å². The molecule has 2 aromatic rings. The number of fused-ring (bicyclic) bond motifs is 1. The Morgan fingerprint density at radius 1 is 1.48 bits per heavy atom. The zero-order valence-electron chi connectivity index (χ0n) is 13.3. The molecule has 0 amide bonds. The predicted molar refractivity (Wildman–Crippen MR) is 91.3 cm³/mol. The van der Waals surface area contributed by atoms with E-state index in [4.69, 9.17) is 4.74 Å². The maximum Gasteiger partial charge on any atom is 0.341 e. The Hall–Kier alpha value is -1.86. The van der Waals surface area contributed by atoms with Crippen molar-refractivity contribution in [2.24, 2.45) is 0 Å². The van der Waals surface area contributed by atoms with E-state index in [1.54, 1.807) is 19.3 Å². The van der Waals surface area contributed by atoms with Crippen molar-refractivity contribution in [1.82, 2.24) is 20.1 Å². The maximum atomic E-state index is 12.2. The Morgan fingerprint density at radius 2 is 2.30 bits per heavy atom. The molecule has 2 aromatic heterocycles. The standard InChI is InChI=1S/C15H21N5O2.ClH/c1-3-20-14-11(9-18-20)13(19-10-5-6-16-7-10)12(8-17-14)15(21)22-4-2;/h8-10,16H,3-7H2,1-2H3,(H,17,19);1H/t10-;/m1./s1. The van der Waals surface area contributed by atoms with Crippen molar-refractivity contribution in [2.75, 3.05) is 25.0 Å². The number of aryl methyl sites for hydroxylation is 1. The largest absolute Gasteiger partial charge is 0.462 e. The van der Waals surface area contributed by atoms with Crippen molar-refractivity contribution < 1.29 is 9.53 Å². The molecule has 1 fully saturated rings. The second-order valence-corrected chi connectivity index (χ2v) is 5.30. The Bertz CT molecular complexity index is 682. The molecule has 1 saturated heterocycles. The lowest BCUT2D eigenvalue weighted by Gasteiger charge is -2.16. The first kappa shape index (κ1) is 17.5. The fourth-order valence-corrected chi connectivity index (χ4v) is 2.76. The summed E-state index contributed by atoms with van der Waals surface area (Å²) < 4.78 is 6.98. The van der Waals surface area contributed by atoms with E-state index in [-0.39, 0.29) is 18.4 Å². The van der Waals surface area contributed by atoms with E-state index in [0.29, 0.717) is 18.2 Å². The van der Waals surface area contributed by atoms with Crippen molar-refractivity contribution in [3.63, 3.8) is 0 Å². The van der Waals surface area contributed by atoms with Crippen LogP contribution in [0.1, 0.15) is 30.6 Å². The number of carbonyl (C=O) groups excluding carboxylic acids is 1. The normalized spacial score (nSPS) is 17.0. The predicted octanol–water partition coefficient (Wildman–Crippen LogP) is 1.82. The third kappa shape index (κ3) is 3.40. The molecule has 3 rings (SSSR count). The molecule has 1 aliphatic rings. The van der Waals surface area contributed by atoms with Crippen LogP contribution in [-0.2, 0) is 11.3 Å². The minimum absolute atomic E-state index is 0. The van der Waals surface area contributed by atoms with Gasteiger partial charge in [0.1, 0.15) is 5.56 Å². The Morgan fingerprint density at radius 3 is 2.96 bits per heavy atom. The minimum atomic E-state index is -0.352. The number of halogens is 1. The molecule has 1 atom stereocenters. The molecule has 3 heterocycles. The van der Waals surface area contributed by atoms with Gasteiger partial charge in [0.15, 0.2) is 5.65 Å². The van der Waals surface area contributed by atoms with Crippen molar-refractivity contribution in [3.05, 3.63) is 18.0 Å². The lowest BCUT2D eigenvalue weighted by molar-refractivity contribution is 0.0527. The van der Waals surface area contributed by atoms with Gasteiger partial charge in [-0.1, -0.05) is 0 Å². The van der Waals surface area contributed by atoms with Gasteiger partial charge < -0.3 is 15.4 Å². The van der Waals surface area contributed by atoms with Gasteiger partial charge in [-0.25, -0.2) is 14.5 Å². The molecule has 7 nitrogen and oxygen atoms in total. The summed E-state index contributed by atoms with van der Waals surface area (Å²) in [5.74, 6) is -0.352. The third-order valence-electron chi connectivity index (χ3n) is 3.87. The van der Waals surface area contributed by atoms with Gasteiger partial charge in [0.2, 0.25) is 0 Å². The van der Waals surface area contributed by atoms with Gasteiger partial charge in [0.05, 0.1) is 23.9 Å². The number of nitrogens with zero attached hydrogens (tertiary/aromatic N) is 3. The van der Waals surface area contributed by atoms with E-state index in [1.165, 1.54) is 0 Å². The van der Waals surface area contributed by atoms with Crippen LogP contribution in [0.3, 0.4) is 0 Å². The third-order valence-corrected chi connectivity index (χ3v) is 3.87. The molecule has 8 heteroatoms. The summed E-state index contributed by atoms with van der Waals surface area (Å²) in [6.07, 6.45) is 4.37. The molecule has 0 aliphatic carbocycles. The SMILES string of the molecule is CCOC(=O)c1cnc2c(cnn2CC)c1N[C@@H]1CCNC1.Cl. The number of hydrogen-bond donors (Lipinski definition) is 2. The number of esters is 1. The number of nitrogens with one attached hydrogen (secondary N) is 2. The Labute approximate surface area is 141 Å². The molecule has 1 aliphatic heterocycles. The van der Waals surface area contributed by atoms with Crippen LogP contribution in [0, 0.1) is 0 Å². The van der Waals surface area contributed by atoms with Crippen LogP contribution in [0.5, 0.6) is 0 Å². The molecule has 0 spiro atoms. The van der Waals surface area contributed by atoms with Crippen LogP contribution in [0.15, 0.2) is 12.4 Å². The van der Waals surface area contributed by atoms with Gasteiger partial charge in [-0.05, 0) is 26.8 Å². The second-order valence-electron chi connectivity index (χ2n) is 5.30. The highest BCUT2D eigenvalue weighted by molar-refractivity contribution is 6.04. The fourth-order valence-electron chi connectivity index (χ4n) is 2.76. The Balaban J connectivity index is 0.00000192. The summed E-state index contributed by atoms with van der Waals surface area (Å²) in [5, 5.41) is 12.0. The molecule has 0 unspecified atom stereocenters. The van der Waals surface area contributed by atoms with Gasteiger partial charge in [-0.2, -0.15) is 5.10 Å². The zero-order valence-corrected chi connectivity index (χ0v) is 14.2. The van der Waals surface area contributed by atoms with Gasteiger partial charge in [-0.15, -0.1) is 12.4 Å². The average Bonchev–Trinajstić information content (AvgIpc) is 3.16. The summed E-state index contributed by atoms with van der Waals surface area (Å²) in [6.45, 7) is 6.76. The number of ether oxygens (including phenoxy) is 1. The molecule has 0 bridgehead atoms. The van der Waals surface area contributed by atoms with E-state index in [0.717, 1.165) is 42.8 Å². The first-order valence-electron chi connectivity index (χ1n) is 7.73. The van der Waals surface area contributed by atoms with E-state index in [9.17, 15) is 4.79 Å². The smallest absolute Gasteiger partial charge is 0.341 e. The average molecular weight is 340 g/mol. The van der Waals surface area contributed by atoms with Crippen molar-refractivity contribution in [3.8, 4) is 0 Å². The summed E-state index contributed by atoms with van der Waals surface area (Å²) >= 11 is 0. The quantitative estimate of drug-likeness (QED) is 0.809. The summed E-state index contributed by atoms with van der Waals surface area (Å²) in [6, 6.07) is 0.295.